The van der Waals surface area contributed by atoms with Crippen LogP contribution in [0.3, 0.4) is 0 Å². The first kappa shape index (κ1) is 24.3. The molecule has 0 spiro atoms. The molecule has 0 aliphatic carbocycles. The molecule has 1 aliphatic rings. The van der Waals surface area contributed by atoms with Crippen molar-refractivity contribution in [2.24, 2.45) is 5.73 Å². The molecule has 0 fully saturated rings. The highest BCUT2D eigenvalue weighted by molar-refractivity contribution is 6.11. The number of rotatable bonds is 8. The van der Waals surface area contributed by atoms with E-state index in [4.69, 9.17) is 15.2 Å². The Bertz CT molecular complexity index is 1240. The Morgan fingerprint density at radius 1 is 0.943 bits per heavy atom. The predicted molar refractivity (Wildman–Crippen MR) is 136 cm³/mol. The lowest BCUT2D eigenvalue weighted by molar-refractivity contribution is 0.0977. The molecule has 3 aromatic rings. The Morgan fingerprint density at radius 2 is 1.63 bits per heavy atom. The Morgan fingerprint density at radius 3 is 2.29 bits per heavy atom. The van der Waals surface area contributed by atoms with Crippen LogP contribution in [-0.4, -0.2) is 44.0 Å². The molecule has 0 aromatic heterocycles. The maximum Gasteiger partial charge on any atom is 0.256 e. The minimum atomic E-state index is -0.618. The van der Waals surface area contributed by atoms with E-state index in [-0.39, 0.29) is 17.0 Å². The quantitative estimate of drug-likeness (QED) is 0.516. The zero-order valence-corrected chi connectivity index (χ0v) is 20.4. The van der Waals surface area contributed by atoms with Gasteiger partial charge in [-0.15, -0.1) is 0 Å². The molecule has 1 aliphatic heterocycles. The number of hydrogen-bond acceptors (Lipinski definition) is 5. The van der Waals surface area contributed by atoms with E-state index in [2.05, 4.69) is 22.3 Å². The number of ether oxygens (including phenoxy) is 2. The molecule has 0 unspecified atom stereocenters. The molecular formula is C28H31N3O4. The van der Waals surface area contributed by atoms with Gasteiger partial charge in [-0.25, -0.2) is 0 Å². The van der Waals surface area contributed by atoms with Gasteiger partial charge < -0.3 is 20.5 Å². The maximum atomic E-state index is 12.7. The number of nitrogens with zero attached hydrogens (tertiary/aromatic N) is 1. The van der Waals surface area contributed by atoms with E-state index in [1.807, 2.05) is 31.2 Å². The molecule has 0 radical (unpaired) electrons. The van der Waals surface area contributed by atoms with Crippen LogP contribution in [0, 0.1) is 6.92 Å². The third-order valence-corrected chi connectivity index (χ3v) is 6.41. The second-order valence-corrected chi connectivity index (χ2v) is 8.82. The van der Waals surface area contributed by atoms with Crippen LogP contribution in [0.2, 0.25) is 0 Å². The summed E-state index contributed by atoms with van der Waals surface area (Å²) in [4.78, 5) is 26.9. The summed E-state index contributed by atoms with van der Waals surface area (Å²) < 4.78 is 10.9. The third-order valence-electron chi connectivity index (χ3n) is 6.41. The number of nitrogens with one attached hydrogen (secondary N) is 1. The van der Waals surface area contributed by atoms with E-state index in [1.165, 1.54) is 16.7 Å². The largest absolute Gasteiger partial charge is 0.493 e. The molecule has 0 bridgehead atoms. The molecule has 182 valence electrons. The number of fused-ring (bicyclic) bond motifs is 1. The van der Waals surface area contributed by atoms with Gasteiger partial charge in [0, 0.05) is 25.3 Å². The van der Waals surface area contributed by atoms with Gasteiger partial charge in [-0.3, -0.25) is 14.5 Å². The SMILES string of the molecule is COc1cc2c(cc1OC)CN(CCc1ccc(NC(=O)c3ccc(C)cc3C(N)=O)cc1)CC2. The first-order valence-corrected chi connectivity index (χ1v) is 11.6. The van der Waals surface area contributed by atoms with Crippen molar-refractivity contribution < 1.29 is 19.1 Å². The lowest BCUT2D eigenvalue weighted by Crippen LogP contribution is -2.32. The molecule has 7 heteroatoms. The molecule has 4 rings (SSSR count). The minimum absolute atomic E-state index is 0.221. The normalized spacial score (nSPS) is 13.1. The van der Waals surface area contributed by atoms with E-state index in [0.29, 0.717) is 5.69 Å². The Kier molecular flexibility index (Phi) is 7.36. The summed E-state index contributed by atoms with van der Waals surface area (Å²) in [6.07, 6.45) is 1.88. The monoisotopic (exact) mass is 473 g/mol. The van der Waals surface area contributed by atoms with E-state index < -0.39 is 5.91 Å². The smallest absolute Gasteiger partial charge is 0.256 e. The summed E-state index contributed by atoms with van der Waals surface area (Å²) >= 11 is 0. The van der Waals surface area contributed by atoms with Gasteiger partial charge in [0.2, 0.25) is 5.91 Å². The van der Waals surface area contributed by atoms with Crippen molar-refractivity contribution in [3.8, 4) is 11.5 Å². The van der Waals surface area contributed by atoms with Crippen molar-refractivity contribution in [3.63, 3.8) is 0 Å². The lowest BCUT2D eigenvalue weighted by Gasteiger charge is -2.29. The fraction of sp³-hybridized carbons (Fsp3) is 0.286. The molecule has 0 atom stereocenters. The van der Waals surface area contributed by atoms with Crippen LogP contribution in [0.4, 0.5) is 5.69 Å². The first-order valence-electron chi connectivity index (χ1n) is 11.6. The van der Waals surface area contributed by atoms with E-state index in [0.717, 1.165) is 49.5 Å². The first-order chi connectivity index (χ1) is 16.9. The second kappa shape index (κ2) is 10.6. The number of anilines is 1. The number of primary amides is 1. The van der Waals surface area contributed by atoms with Crippen LogP contribution in [0.15, 0.2) is 54.6 Å². The molecule has 3 N–H and O–H groups in total. The average molecular weight is 474 g/mol. The number of nitrogens with two attached hydrogens (primary N) is 1. The van der Waals surface area contributed by atoms with Crippen LogP contribution >= 0.6 is 0 Å². The van der Waals surface area contributed by atoms with Gasteiger partial charge in [-0.05, 0) is 72.9 Å². The predicted octanol–water partition coefficient (Wildman–Crippen LogP) is 3.96. The number of benzene rings is 3. The van der Waals surface area contributed by atoms with Crippen molar-refractivity contribution in [1.82, 2.24) is 4.90 Å². The lowest BCUT2D eigenvalue weighted by atomic mass is 9.98. The van der Waals surface area contributed by atoms with Gasteiger partial charge >= 0.3 is 0 Å². The number of methoxy groups -OCH3 is 2. The van der Waals surface area contributed by atoms with Crippen molar-refractivity contribution >= 4 is 17.5 Å². The number of carbonyl (C=O) groups is 2. The second-order valence-electron chi connectivity index (χ2n) is 8.82. The summed E-state index contributed by atoms with van der Waals surface area (Å²) in [5.41, 5.74) is 11.3. The number of hydrogen-bond donors (Lipinski definition) is 2. The van der Waals surface area contributed by atoms with Gasteiger partial charge in [-0.1, -0.05) is 23.8 Å². The number of aryl methyl sites for hydroxylation is 1. The minimum Gasteiger partial charge on any atom is -0.493 e. The van der Waals surface area contributed by atoms with Crippen LogP contribution in [0.5, 0.6) is 11.5 Å². The summed E-state index contributed by atoms with van der Waals surface area (Å²) in [5.74, 6) is 0.567. The topological polar surface area (TPSA) is 93.9 Å². The summed E-state index contributed by atoms with van der Waals surface area (Å²) in [7, 11) is 3.32. The van der Waals surface area contributed by atoms with Crippen molar-refractivity contribution in [2.75, 3.05) is 32.6 Å². The fourth-order valence-corrected chi connectivity index (χ4v) is 4.43. The van der Waals surface area contributed by atoms with Gasteiger partial charge in [0.15, 0.2) is 11.5 Å². The van der Waals surface area contributed by atoms with Crippen LogP contribution in [0.1, 0.15) is 43.0 Å². The van der Waals surface area contributed by atoms with Crippen LogP contribution in [0.25, 0.3) is 0 Å². The Hall–Kier alpha value is -3.84. The van der Waals surface area contributed by atoms with Crippen LogP contribution in [-0.2, 0) is 19.4 Å². The molecule has 35 heavy (non-hydrogen) atoms. The number of carbonyl (C=O) groups excluding carboxylic acids is 2. The van der Waals surface area contributed by atoms with Crippen molar-refractivity contribution in [3.05, 3.63) is 88.0 Å². The van der Waals surface area contributed by atoms with Gasteiger partial charge in [0.05, 0.1) is 25.3 Å². The molecule has 1 heterocycles. The highest BCUT2D eigenvalue weighted by atomic mass is 16.5. The Labute approximate surface area is 205 Å². The molecule has 3 aromatic carbocycles. The van der Waals surface area contributed by atoms with Gasteiger partial charge in [-0.2, -0.15) is 0 Å². The van der Waals surface area contributed by atoms with E-state index in [1.54, 1.807) is 32.4 Å². The zero-order valence-electron chi connectivity index (χ0n) is 20.4. The van der Waals surface area contributed by atoms with Gasteiger partial charge in [0.1, 0.15) is 0 Å². The molecular weight excluding hydrogens is 442 g/mol. The molecule has 7 nitrogen and oxygen atoms in total. The molecule has 0 saturated heterocycles. The fourth-order valence-electron chi connectivity index (χ4n) is 4.43. The maximum absolute atomic E-state index is 12.7. The highest BCUT2D eigenvalue weighted by Gasteiger charge is 2.19. The van der Waals surface area contributed by atoms with E-state index >= 15 is 0 Å². The summed E-state index contributed by atoms with van der Waals surface area (Å²) in [5, 5.41) is 2.86. The standard InChI is InChI=1S/C28H31N3O4/c1-18-4-9-23(24(14-18)27(29)32)28(33)30-22-7-5-19(6-8-22)10-12-31-13-11-20-15-25(34-2)26(35-3)16-21(20)17-31/h4-9,14-16H,10-13,17H2,1-3H3,(H2,29,32)(H,30,33). The zero-order chi connectivity index (χ0) is 24.9. The molecule has 0 saturated carbocycles. The highest BCUT2D eigenvalue weighted by Crippen LogP contribution is 2.33. The van der Waals surface area contributed by atoms with Gasteiger partial charge in [0.25, 0.3) is 5.91 Å². The van der Waals surface area contributed by atoms with E-state index in [9.17, 15) is 9.59 Å². The number of amides is 2. The molecule has 2 amide bonds. The summed E-state index contributed by atoms with van der Waals surface area (Å²) in [6, 6.07) is 17.0. The average Bonchev–Trinajstić information content (AvgIpc) is 2.87. The van der Waals surface area contributed by atoms with Crippen molar-refractivity contribution in [1.29, 1.82) is 0 Å². The summed E-state index contributed by atoms with van der Waals surface area (Å²) in [6.45, 7) is 4.66. The van der Waals surface area contributed by atoms with Crippen molar-refractivity contribution in [2.45, 2.75) is 26.3 Å². The third kappa shape index (κ3) is 5.63. The Balaban J connectivity index is 1.35. The van der Waals surface area contributed by atoms with Crippen LogP contribution < -0.4 is 20.5 Å².